The molecule has 1 aromatic carbocycles. The van der Waals surface area contributed by atoms with E-state index in [1.54, 1.807) is 7.11 Å². The van der Waals surface area contributed by atoms with Crippen molar-refractivity contribution < 1.29 is 9.47 Å². The van der Waals surface area contributed by atoms with E-state index in [-0.39, 0.29) is 0 Å². The molecule has 1 fully saturated rings. The number of rotatable bonds is 5. The first-order chi connectivity index (χ1) is 9.63. The van der Waals surface area contributed by atoms with Gasteiger partial charge in [0.2, 0.25) is 0 Å². The maximum Gasteiger partial charge on any atom is 0.143 e. The lowest BCUT2D eigenvalue weighted by Crippen LogP contribution is -2.34. The first-order valence-electron chi connectivity index (χ1n) is 7.36. The lowest BCUT2D eigenvalue weighted by Gasteiger charge is -2.31. The van der Waals surface area contributed by atoms with Gasteiger partial charge in [-0.15, -0.1) is 0 Å². The molecule has 0 aromatic heterocycles. The van der Waals surface area contributed by atoms with E-state index in [1.165, 1.54) is 12.0 Å². The molecule has 1 aliphatic rings. The number of ether oxygens (including phenoxy) is 2. The Morgan fingerprint density at radius 3 is 2.95 bits per heavy atom. The molecule has 112 valence electrons. The summed E-state index contributed by atoms with van der Waals surface area (Å²) in [7, 11) is 1.72. The number of halogens is 1. The van der Waals surface area contributed by atoms with Gasteiger partial charge in [-0.25, -0.2) is 0 Å². The summed E-state index contributed by atoms with van der Waals surface area (Å²) in [6.45, 7) is 5.17. The van der Waals surface area contributed by atoms with Gasteiger partial charge in [0, 0.05) is 17.1 Å². The number of methoxy groups -OCH3 is 1. The number of hydrogen-bond donors (Lipinski definition) is 1. The van der Waals surface area contributed by atoms with Gasteiger partial charge in [-0.1, -0.05) is 29.3 Å². The fourth-order valence-electron chi connectivity index (χ4n) is 2.80. The molecule has 3 nitrogen and oxygen atoms in total. The highest BCUT2D eigenvalue weighted by molar-refractivity contribution is 9.10. The Morgan fingerprint density at radius 2 is 2.25 bits per heavy atom. The van der Waals surface area contributed by atoms with Crippen LogP contribution in [-0.4, -0.2) is 25.9 Å². The van der Waals surface area contributed by atoms with E-state index in [4.69, 9.17) is 9.47 Å². The molecule has 2 atom stereocenters. The molecule has 1 heterocycles. The van der Waals surface area contributed by atoms with Crippen molar-refractivity contribution in [3.8, 4) is 5.75 Å². The minimum Gasteiger partial charge on any atom is -0.495 e. The highest BCUT2D eigenvalue weighted by atomic mass is 79.9. The van der Waals surface area contributed by atoms with Crippen LogP contribution in [0.25, 0.3) is 0 Å². The molecule has 0 aliphatic carbocycles. The van der Waals surface area contributed by atoms with Crippen molar-refractivity contribution in [1.29, 1.82) is 0 Å². The van der Waals surface area contributed by atoms with Crippen LogP contribution in [0.3, 0.4) is 0 Å². The van der Waals surface area contributed by atoms with Gasteiger partial charge >= 0.3 is 0 Å². The molecular formula is C16H24BrNO2. The zero-order valence-corrected chi connectivity index (χ0v) is 14.1. The van der Waals surface area contributed by atoms with Gasteiger partial charge in [-0.2, -0.15) is 0 Å². The number of nitrogens with one attached hydrogen (secondary N) is 1. The van der Waals surface area contributed by atoms with Crippen molar-refractivity contribution in [3.63, 3.8) is 0 Å². The molecule has 2 rings (SSSR count). The summed E-state index contributed by atoms with van der Waals surface area (Å²) < 4.78 is 12.4. The Balaban J connectivity index is 2.09. The predicted octanol–water partition coefficient (Wildman–Crippen LogP) is 4.53. The largest absolute Gasteiger partial charge is 0.495 e. The Kier molecular flexibility index (Phi) is 5.73. The zero-order chi connectivity index (χ0) is 14.5. The summed E-state index contributed by atoms with van der Waals surface area (Å²) in [4.78, 5) is 0. The van der Waals surface area contributed by atoms with E-state index in [0.29, 0.717) is 12.1 Å². The summed E-state index contributed by atoms with van der Waals surface area (Å²) >= 11 is 3.52. The Labute approximate surface area is 130 Å². The lowest BCUT2D eigenvalue weighted by atomic mass is 9.99. The minimum atomic E-state index is 0.396. The second-order valence-corrected chi connectivity index (χ2v) is 6.36. The van der Waals surface area contributed by atoms with Gasteiger partial charge in [-0.3, -0.25) is 0 Å². The topological polar surface area (TPSA) is 30.5 Å². The van der Waals surface area contributed by atoms with Gasteiger partial charge in [0.25, 0.3) is 0 Å². The molecule has 2 unspecified atom stereocenters. The van der Waals surface area contributed by atoms with Crippen LogP contribution in [0.1, 0.15) is 38.2 Å². The van der Waals surface area contributed by atoms with E-state index in [0.717, 1.165) is 41.8 Å². The first kappa shape index (κ1) is 15.6. The SMILES string of the molecule is CCCC1CC(Nc2c(C)cc(Br)cc2OC)CCO1. The molecule has 1 aromatic rings. The maximum atomic E-state index is 5.81. The van der Waals surface area contributed by atoms with Gasteiger partial charge in [-0.05, 0) is 43.9 Å². The van der Waals surface area contributed by atoms with Crippen LogP contribution < -0.4 is 10.1 Å². The molecule has 0 saturated carbocycles. The molecule has 1 saturated heterocycles. The second kappa shape index (κ2) is 7.32. The number of hydrogen-bond acceptors (Lipinski definition) is 3. The van der Waals surface area contributed by atoms with E-state index >= 15 is 0 Å². The smallest absolute Gasteiger partial charge is 0.143 e. The highest BCUT2D eigenvalue weighted by Gasteiger charge is 2.23. The first-order valence-corrected chi connectivity index (χ1v) is 8.15. The predicted molar refractivity (Wildman–Crippen MR) is 86.7 cm³/mol. The van der Waals surface area contributed by atoms with E-state index in [1.807, 2.05) is 6.07 Å². The summed E-state index contributed by atoms with van der Waals surface area (Å²) in [6, 6.07) is 4.60. The maximum absolute atomic E-state index is 5.81. The van der Waals surface area contributed by atoms with Crippen LogP contribution in [-0.2, 0) is 4.74 Å². The van der Waals surface area contributed by atoms with E-state index in [9.17, 15) is 0 Å². The third kappa shape index (κ3) is 3.89. The van der Waals surface area contributed by atoms with Crippen molar-refractivity contribution >= 4 is 21.6 Å². The average molecular weight is 342 g/mol. The molecule has 4 heteroatoms. The normalized spacial score (nSPS) is 22.6. The number of aryl methyl sites for hydroxylation is 1. The van der Waals surface area contributed by atoms with Crippen molar-refractivity contribution in [1.82, 2.24) is 0 Å². The summed E-state index contributed by atoms with van der Waals surface area (Å²) in [5, 5.41) is 3.66. The van der Waals surface area contributed by atoms with Crippen LogP contribution in [0.2, 0.25) is 0 Å². The van der Waals surface area contributed by atoms with Crippen LogP contribution in [0.4, 0.5) is 5.69 Å². The number of benzene rings is 1. The van der Waals surface area contributed by atoms with Crippen molar-refractivity contribution in [2.24, 2.45) is 0 Å². The van der Waals surface area contributed by atoms with Crippen molar-refractivity contribution in [2.75, 3.05) is 19.0 Å². The van der Waals surface area contributed by atoms with Gasteiger partial charge in [0.15, 0.2) is 0 Å². The quantitative estimate of drug-likeness (QED) is 0.853. The summed E-state index contributed by atoms with van der Waals surface area (Å²) in [6.07, 6.45) is 4.85. The van der Waals surface area contributed by atoms with Gasteiger partial charge in [0.1, 0.15) is 5.75 Å². The van der Waals surface area contributed by atoms with Gasteiger partial charge in [0.05, 0.1) is 18.9 Å². The third-order valence-corrected chi connectivity index (χ3v) is 4.27. The monoisotopic (exact) mass is 341 g/mol. The zero-order valence-electron chi connectivity index (χ0n) is 12.5. The molecule has 1 aliphatic heterocycles. The van der Waals surface area contributed by atoms with Crippen LogP contribution in [0, 0.1) is 6.92 Å². The Morgan fingerprint density at radius 1 is 1.45 bits per heavy atom. The minimum absolute atomic E-state index is 0.396. The molecule has 0 radical (unpaired) electrons. The van der Waals surface area contributed by atoms with Crippen LogP contribution in [0.15, 0.2) is 16.6 Å². The van der Waals surface area contributed by atoms with Crippen LogP contribution >= 0.6 is 15.9 Å². The van der Waals surface area contributed by atoms with Crippen LogP contribution in [0.5, 0.6) is 5.75 Å². The lowest BCUT2D eigenvalue weighted by molar-refractivity contribution is 0.00594. The van der Waals surface area contributed by atoms with Gasteiger partial charge < -0.3 is 14.8 Å². The molecule has 1 N–H and O–H groups in total. The number of anilines is 1. The fourth-order valence-corrected chi connectivity index (χ4v) is 3.35. The molecule has 0 spiro atoms. The highest BCUT2D eigenvalue weighted by Crippen LogP contribution is 2.34. The average Bonchev–Trinajstić information content (AvgIpc) is 2.42. The Hall–Kier alpha value is -0.740. The molecule has 20 heavy (non-hydrogen) atoms. The van der Waals surface area contributed by atoms with Crippen molar-refractivity contribution in [2.45, 2.75) is 51.7 Å². The summed E-state index contributed by atoms with van der Waals surface area (Å²) in [5.41, 5.74) is 2.31. The van der Waals surface area contributed by atoms with E-state index < -0.39 is 0 Å². The fraction of sp³-hybridized carbons (Fsp3) is 0.625. The Bertz CT molecular complexity index is 448. The molecule has 0 bridgehead atoms. The second-order valence-electron chi connectivity index (χ2n) is 5.45. The standard InChI is InChI=1S/C16H24BrNO2/c1-4-5-14-10-13(6-7-20-14)18-16-11(2)8-12(17)9-15(16)19-3/h8-9,13-14,18H,4-7,10H2,1-3H3. The summed E-state index contributed by atoms with van der Waals surface area (Å²) in [5.74, 6) is 0.899. The third-order valence-electron chi connectivity index (χ3n) is 3.81. The molecule has 0 amide bonds. The van der Waals surface area contributed by atoms with E-state index in [2.05, 4.69) is 41.2 Å². The van der Waals surface area contributed by atoms with Crippen molar-refractivity contribution in [3.05, 3.63) is 22.2 Å². The molecular weight excluding hydrogens is 318 g/mol.